The number of para-hydroxylation sites is 1. The summed E-state index contributed by atoms with van der Waals surface area (Å²) < 4.78 is 41.6. The molecule has 0 atom stereocenters. The fourth-order valence-corrected chi connectivity index (χ4v) is 4.99. The monoisotopic (exact) mass is 570 g/mol. The molecule has 1 fully saturated rings. The predicted octanol–water partition coefficient (Wildman–Crippen LogP) is 3.91. The summed E-state index contributed by atoms with van der Waals surface area (Å²) >= 11 is 0. The first-order valence-corrected chi connectivity index (χ1v) is 13.5. The van der Waals surface area contributed by atoms with Crippen molar-refractivity contribution in [1.29, 1.82) is 0 Å². The summed E-state index contributed by atoms with van der Waals surface area (Å²) in [7, 11) is 1.75. The van der Waals surface area contributed by atoms with Crippen LogP contribution in [0.2, 0.25) is 0 Å². The van der Waals surface area contributed by atoms with Gasteiger partial charge in [0.05, 0.1) is 23.5 Å². The molecule has 41 heavy (non-hydrogen) atoms. The molecule has 3 aromatic rings. The van der Waals surface area contributed by atoms with Crippen LogP contribution in [-0.4, -0.2) is 57.5 Å². The molecule has 0 radical (unpaired) electrons. The van der Waals surface area contributed by atoms with Crippen molar-refractivity contribution in [2.45, 2.75) is 45.3 Å². The van der Waals surface area contributed by atoms with Crippen molar-refractivity contribution >= 4 is 17.7 Å². The Morgan fingerprint density at radius 2 is 1.61 bits per heavy atom. The first kappa shape index (κ1) is 29.8. The van der Waals surface area contributed by atoms with Crippen LogP contribution < -0.4 is 10.6 Å². The van der Waals surface area contributed by atoms with Gasteiger partial charge in [-0.05, 0) is 56.9 Å². The van der Waals surface area contributed by atoms with E-state index >= 15 is 0 Å². The number of nitrogens with zero attached hydrogens (tertiary/aromatic N) is 4. The second-order valence-corrected chi connectivity index (χ2v) is 10.2. The van der Waals surface area contributed by atoms with Crippen molar-refractivity contribution in [3.05, 3.63) is 77.4 Å². The van der Waals surface area contributed by atoms with Crippen molar-refractivity contribution in [2.24, 2.45) is 11.8 Å². The van der Waals surface area contributed by atoms with E-state index < -0.39 is 23.3 Å². The molecule has 0 aliphatic heterocycles. The number of halogens is 3. The highest BCUT2D eigenvalue weighted by molar-refractivity contribution is 5.95. The van der Waals surface area contributed by atoms with Crippen molar-refractivity contribution in [3.8, 4) is 5.69 Å². The Bertz CT molecular complexity index is 1370. The van der Waals surface area contributed by atoms with Crippen LogP contribution in [0.25, 0.3) is 5.69 Å². The number of rotatable bonds is 9. The number of carbonyl (C=O) groups is 3. The predicted molar refractivity (Wildman–Crippen MR) is 145 cm³/mol. The van der Waals surface area contributed by atoms with Crippen molar-refractivity contribution < 1.29 is 27.6 Å². The standard InChI is InChI=1S/C29H33F3N6O3/c1-19-7-6-8-22(35-19)17-37(2)28(41)21-13-11-20(12-14-21)26(39)33-15-16-34-27(40)24-18-38(23-9-4-3-5-10-23)36-25(24)29(30,31)32/h3-10,18,20-21H,11-17H2,1-2H3,(H,33,39)(H,34,40). The molecule has 0 bridgehead atoms. The van der Waals surface area contributed by atoms with Crippen LogP contribution in [0.3, 0.4) is 0 Å². The fraction of sp³-hybridized carbons (Fsp3) is 0.414. The minimum absolute atomic E-state index is 0.0312. The lowest BCUT2D eigenvalue weighted by atomic mass is 9.81. The maximum atomic E-state index is 13.5. The number of carbonyl (C=O) groups excluding carboxylic acids is 3. The van der Waals surface area contributed by atoms with E-state index in [0.717, 1.165) is 22.3 Å². The molecule has 1 saturated carbocycles. The Morgan fingerprint density at radius 3 is 2.27 bits per heavy atom. The number of hydrogen-bond donors (Lipinski definition) is 2. The van der Waals surface area contributed by atoms with Crippen LogP contribution in [-0.2, 0) is 22.3 Å². The third kappa shape index (κ3) is 7.71. The quantitative estimate of drug-likeness (QED) is 0.380. The van der Waals surface area contributed by atoms with Crippen LogP contribution in [0.1, 0.15) is 53.1 Å². The van der Waals surface area contributed by atoms with Gasteiger partial charge < -0.3 is 15.5 Å². The molecular weight excluding hydrogens is 537 g/mol. The van der Waals surface area contributed by atoms with Gasteiger partial charge in [0.1, 0.15) is 0 Å². The number of amides is 3. The van der Waals surface area contributed by atoms with E-state index in [9.17, 15) is 27.6 Å². The third-order valence-electron chi connectivity index (χ3n) is 7.13. The third-order valence-corrected chi connectivity index (χ3v) is 7.13. The van der Waals surface area contributed by atoms with Crippen molar-refractivity contribution in [2.75, 3.05) is 20.1 Å². The van der Waals surface area contributed by atoms with Gasteiger partial charge in [-0.3, -0.25) is 19.4 Å². The molecule has 1 aromatic carbocycles. The number of aryl methyl sites for hydroxylation is 1. The van der Waals surface area contributed by atoms with E-state index in [-0.39, 0.29) is 36.7 Å². The lowest BCUT2D eigenvalue weighted by Crippen LogP contribution is -2.40. The fourth-order valence-electron chi connectivity index (χ4n) is 4.99. The summed E-state index contributed by atoms with van der Waals surface area (Å²) in [6.07, 6.45) is -1.48. The number of benzene rings is 1. The molecule has 4 rings (SSSR count). The highest BCUT2D eigenvalue weighted by Crippen LogP contribution is 2.32. The number of aromatic nitrogens is 3. The lowest BCUT2D eigenvalue weighted by molar-refractivity contribution is -0.141. The average molecular weight is 571 g/mol. The van der Waals surface area contributed by atoms with Crippen LogP contribution >= 0.6 is 0 Å². The number of nitrogens with one attached hydrogen (secondary N) is 2. The van der Waals surface area contributed by atoms with Gasteiger partial charge in [-0.2, -0.15) is 18.3 Å². The van der Waals surface area contributed by atoms with E-state index in [1.54, 1.807) is 42.3 Å². The Balaban J connectivity index is 1.22. The normalized spacial score (nSPS) is 17.1. The summed E-state index contributed by atoms with van der Waals surface area (Å²) in [5.74, 6) is -1.52. The summed E-state index contributed by atoms with van der Waals surface area (Å²) in [6, 6.07) is 13.9. The Kier molecular flexibility index (Phi) is 9.41. The van der Waals surface area contributed by atoms with Crippen molar-refractivity contribution in [1.82, 2.24) is 30.3 Å². The second kappa shape index (κ2) is 13.0. The van der Waals surface area contributed by atoms with E-state index in [1.165, 1.54) is 0 Å². The molecule has 0 spiro atoms. The molecule has 218 valence electrons. The van der Waals surface area contributed by atoms with Gasteiger partial charge in [-0.25, -0.2) is 4.68 Å². The second-order valence-electron chi connectivity index (χ2n) is 10.2. The van der Waals surface area contributed by atoms with Crippen LogP contribution in [0, 0.1) is 18.8 Å². The zero-order chi connectivity index (χ0) is 29.6. The summed E-state index contributed by atoms with van der Waals surface area (Å²) in [6.45, 7) is 2.33. The van der Waals surface area contributed by atoms with Gasteiger partial charge in [-0.15, -0.1) is 0 Å². The topological polar surface area (TPSA) is 109 Å². The lowest BCUT2D eigenvalue weighted by Gasteiger charge is -2.30. The van der Waals surface area contributed by atoms with Crippen molar-refractivity contribution in [3.63, 3.8) is 0 Å². The summed E-state index contributed by atoms with van der Waals surface area (Å²) in [4.78, 5) is 44.2. The number of alkyl halides is 3. The Hall–Kier alpha value is -4.22. The average Bonchev–Trinajstić information content (AvgIpc) is 3.42. The van der Waals surface area contributed by atoms with E-state index in [1.807, 2.05) is 25.1 Å². The number of pyridine rings is 1. The summed E-state index contributed by atoms with van der Waals surface area (Å²) in [5, 5.41) is 8.74. The first-order valence-electron chi connectivity index (χ1n) is 13.5. The van der Waals surface area contributed by atoms with Gasteiger partial charge >= 0.3 is 6.18 Å². The van der Waals surface area contributed by atoms with E-state index in [0.29, 0.717) is 37.9 Å². The van der Waals surface area contributed by atoms with Crippen LogP contribution in [0.4, 0.5) is 13.2 Å². The molecule has 9 nitrogen and oxygen atoms in total. The number of hydrogen-bond acceptors (Lipinski definition) is 5. The van der Waals surface area contributed by atoms with Gasteiger partial charge in [-0.1, -0.05) is 24.3 Å². The SMILES string of the molecule is Cc1cccc(CN(C)C(=O)C2CCC(C(=O)NCCNC(=O)c3cn(-c4ccccc4)nc3C(F)(F)F)CC2)n1. The highest BCUT2D eigenvalue weighted by atomic mass is 19.4. The molecule has 1 aliphatic rings. The highest BCUT2D eigenvalue weighted by Gasteiger charge is 2.39. The zero-order valence-corrected chi connectivity index (χ0v) is 22.9. The van der Waals surface area contributed by atoms with E-state index in [4.69, 9.17) is 0 Å². The van der Waals surface area contributed by atoms with Gasteiger partial charge in [0, 0.05) is 43.9 Å². The first-order chi connectivity index (χ1) is 19.5. The molecular formula is C29H33F3N6O3. The molecule has 2 N–H and O–H groups in total. The molecule has 12 heteroatoms. The maximum absolute atomic E-state index is 13.5. The summed E-state index contributed by atoms with van der Waals surface area (Å²) in [5.41, 5.74) is 0.213. The molecule has 1 aliphatic carbocycles. The molecule has 2 aromatic heterocycles. The largest absolute Gasteiger partial charge is 0.435 e. The van der Waals surface area contributed by atoms with Gasteiger partial charge in [0.2, 0.25) is 11.8 Å². The molecule has 3 amide bonds. The Morgan fingerprint density at radius 1 is 0.951 bits per heavy atom. The zero-order valence-electron chi connectivity index (χ0n) is 22.9. The van der Waals surface area contributed by atoms with Gasteiger partial charge in [0.25, 0.3) is 5.91 Å². The minimum atomic E-state index is -4.81. The maximum Gasteiger partial charge on any atom is 0.435 e. The smallest absolute Gasteiger partial charge is 0.354 e. The van der Waals surface area contributed by atoms with Crippen LogP contribution in [0.5, 0.6) is 0 Å². The van der Waals surface area contributed by atoms with E-state index in [2.05, 4.69) is 20.7 Å². The van der Waals surface area contributed by atoms with Gasteiger partial charge in [0.15, 0.2) is 5.69 Å². The minimum Gasteiger partial charge on any atom is -0.354 e. The molecule has 0 saturated heterocycles. The molecule has 0 unspecified atom stereocenters. The molecule has 2 heterocycles. The Labute approximate surface area is 236 Å². The van der Waals surface area contributed by atoms with Crippen LogP contribution in [0.15, 0.2) is 54.7 Å².